The third-order valence-electron chi connectivity index (χ3n) is 5.86. The van der Waals surface area contributed by atoms with Crippen LogP contribution in [0.5, 0.6) is 11.5 Å². The second-order valence-electron chi connectivity index (χ2n) is 8.36. The third-order valence-corrected chi connectivity index (χ3v) is 7.19. The van der Waals surface area contributed by atoms with Crippen molar-refractivity contribution in [2.45, 2.75) is 27.4 Å². The number of aryl methyl sites for hydroxylation is 1. The zero-order valence-electron chi connectivity index (χ0n) is 20.4. The van der Waals surface area contributed by atoms with Crippen LogP contribution in [-0.4, -0.2) is 24.5 Å². The van der Waals surface area contributed by atoms with Gasteiger partial charge in [0.2, 0.25) is 0 Å². The largest absolute Gasteiger partial charge is 0.490 e. The number of carbonyl (C=O) groups is 3. The first-order valence-electron chi connectivity index (χ1n) is 11.5. The van der Waals surface area contributed by atoms with Gasteiger partial charge in [-0.1, -0.05) is 40.2 Å². The highest BCUT2D eigenvalue weighted by Gasteiger charge is 2.37. The normalized spacial score (nSPS) is 14.7. The molecular formula is C28H24BrIN2O5. The quantitative estimate of drug-likeness (QED) is 0.180. The second kappa shape index (κ2) is 11.5. The van der Waals surface area contributed by atoms with Crippen molar-refractivity contribution >= 4 is 68.1 Å². The third kappa shape index (κ3) is 5.88. The number of halogens is 2. The van der Waals surface area contributed by atoms with Crippen LogP contribution in [0.15, 0.2) is 64.6 Å². The number of amides is 4. The Morgan fingerprint density at radius 1 is 1.03 bits per heavy atom. The smallest absolute Gasteiger partial charge is 0.335 e. The van der Waals surface area contributed by atoms with Gasteiger partial charge in [0.05, 0.1) is 15.9 Å². The molecule has 7 nitrogen and oxygen atoms in total. The van der Waals surface area contributed by atoms with Gasteiger partial charge in [-0.3, -0.25) is 14.9 Å². The highest BCUT2D eigenvalue weighted by Crippen LogP contribution is 2.36. The molecule has 1 heterocycles. The first kappa shape index (κ1) is 26.9. The van der Waals surface area contributed by atoms with E-state index in [1.165, 1.54) is 6.08 Å². The first-order valence-corrected chi connectivity index (χ1v) is 13.4. The van der Waals surface area contributed by atoms with E-state index in [0.29, 0.717) is 36.0 Å². The number of nitrogens with one attached hydrogen (secondary N) is 1. The molecule has 0 unspecified atom stereocenters. The average molecular weight is 675 g/mol. The van der Waals surface area contributed by atoms with Gasteiger partial charge >= 0.3 is 6.03 Å². The van der Waals surface area contributed by atoms with Crippen molar-refractivity contribution in [1.82, 2.24) is 5.32 Å². The lowest BCUT2D eigenvalue weighted by molar-refractivity contribution is -0.122. The van der Waals surface area contributed by atoms with Gasteiger partial charge in [0.15, 0.2) is 11.5 Å². The molecule has 4 amide bonds. The van der Waals surface area contributed by atoms with Gasteiger partial charge in [0.25, 0.3) is 11.8 Å². The number of hydrogen-bond acceptors (Lipinski definition) is 5. The van der Waals surface area contributed by atoms with E-state index in [-0.39, 0.29) is 5.57 Å². The molecule has 9 heteroatoms. The molecule has 1 fully saturated rings. The zero-order valence-corrected chi connectivity index (χ0v) is 24.2. The van der Waals surface area contributed by atoms with Gasteiger partial charge < -0.3 is 9.47 Å². The predicted molar refractivity (Wildman–Crippen MR) is 154 cm³/mol. The standard InChI is InChI=1S/C28H24BrIN2O5/c1-4-36-24-14-19(13-22(30)25(24)37-15-18-8-10-20(29)11-9-18)12-21-26(33)31-28(35)32(27(21)34)23-7-5-6-16(2)17(23)3/h5-14H,4,15H2,1-3H3,(H,31,33,35)/b21-12+. The van der Waals surface area contributed by atoms with Gasteiger partial charge in [-0.15, -0.1) is 0 Å². The van der Waals surface area contributed by atoms with E-state index in [1.807, 2.05) is 51.1 Å². The summed E-state index contributed by atoms with van der Waals surface area (Å²) in [6.07, 6.45) is 1.46. The Morgan fingerprint density at radius 3 is 2.46 bits per heavy atom. The maximum absolute atomic E-state index is 13.4. The van der Waals surface area contributed by atoms with Crippen molar-refractivity contribution in [3.05, 3.63) is 90.5 Å². The first-order chi connectivity index (χ1) is 17.7. The molecule has 0 saturated carbocycles. The molecule has 0 aromatic heterocycles. The lowest BCUT2D eigenvalue weighted by atomic mass is 10.0. The maximum atomic E-state index is 13.4. The molecule has 190 valence electrons. The van der Waals surface area contributed by atoms with Crippen LogP contribution in [0.1, 0.15) is 29.2 Å². The second-order valence-corrected chi connectivity index (χ2v) is 10.4. The number of carbonyl (C=O) groups excluding carboxylic acids is 3. The molecule has 1 aliphatic heterocycles. The molecule has 0 aliphatic carbocycles. The van der Waals surface area contributed by atoms with Crippen LogP contribution < -0.4 is 19.7 Å². The highest BCUT2D eigenvalue weighted by atomic mass is 127. The van der Waals surface area contributed by atoms with E-state index in [1.54, 1.807) is 24.3 Å². The number of anilines is 1. The Hall–Kier alpha value is -3.18. The summed E-state index contributed by atoms with van der Waals surface area (Å²) < 4.78 is 13.6. The summed E-state index contributed by atoms with van der Waals surface area (Å²) in [5.74, 6) is -0.380. The molecule has 37 heavy (non-hydrogen) atoms. The number of hydrogen-bond donors (Lipinski definition) is 1. The maximum Gasteiger partial charge on any atom is 0.335 e. The van der Waals surface area contributed by atoms with Crippen molar-refractivity contribution in [1.29, 1.82) is 0 Å². The van der Waals surface area contributed by atoms with Crippen molar-refractivity contribution in [2.24, 2.45) is 0 Å². The molecule has 1 saturated heterocycles. The predicted octanol–water partition coefficient (Wildman–Crippen LogP) is 6.31. The summed E-state index contributed by atoms with van der Waals surface area (Å²) in [6, 6.07) is 15.9. The summed E-state index contributed by atoms with van der Waals surface area (Å²) in [5.41, 5.74) is 3.55. The van der Waals surface area contributed by atoms with Crippen molar-refractivity contribution < 1.29 is 23.9 Å². The fourth-order valence-corrected chi connectivity index (χ4v) is 4.88. The molecule has 3 aromatic rings. The lowest BCUT2D eigenvalue weighted by Crippen LogP contribution is -2.54. The Kier molecular flexibility index (Phi) is 8.33. The monoisotopic (exact) mass is 674 g/mol. The number of nitrogens with zero attached hydrogens (tertiary/aromatic N) is 1. The molecule has 4 rings (SSSR count). The van der Waals surface area contributed by atoms with E-state index in [4.69, 9.17) is 9.47 Å². The van der Waals surface area contributed by atoms with Crippen LogP contribution in [0, 0.1) is 17.4 Å². The van der Waals surface area contributed by atoms with Gasteiger partial charge in [-0.2, -0.15) is 0 Å². The molecule has 1 aliphatic rings. The topological polar surface area (TPSA) is 84.9 Å². The summed E-state index contributed by atoms with van der Waals surface area (Å²) >= 11 is 5.56. The SMILES string of the molecule is CCOc1cc(/C=C2\C(=O)NC(=O)N(c3cccc(C)c3C)C2=O)cc(I)c1OCc1ccc(Br)cc1. The van der Waals surface area contributed by atoms with Crippen LogP contribution in [0.25, 0.3) is 6.08 Å². The summed E-state index contributed by atoms with van der Waals surface area (Å²) in [6.45, 7) is 6.33. The van der Waals surface area contributed by atoms with E-state index in [2.05, 4.69) is 43.8 Å². The number of barbiturate groups is 1. The van der Waals surface area contributed by atoms with Crippen molar-refractivity contribution in [3.8, 4) is 11.5 Å². The number of rotatable bonds is 7. The summed E-state index contributed by atoms with van der Waals surface area (Å²) in [5, 5.41) is 2.28. The van der Waals surface area contributed by atoms with E-state index in [9.17, 15) is 14.4 Å². The van der Waals surface area contributed by atoms with Gasteiger partial charge in [-0.25, -0.2) is 9.69 Å². The van der Waals surface area contributed by atoms with E-state index >= 15 is 0 Å². The summed E-state index contributed by atoms with van der Waals surface area (Å²) in [7, 11) is 0. The summed E-state index contributed by atoms with van der Waals surface area (Å²) in [4.78, 5) is 39.7. The Bertz CT molecular complexity index is 1420. The van der Waals surface area contributed by atoms with Crippen LogP contribution in [0.4, 0.5) is 10.5 Å². The van der Waals surface area contributed by atoms with Gasteiger partial charge in [0.1, 0.15) is 12.2 Å². The molecule has 1 N–H and O–H groups in total. The number of benzene rings is 3. The van der Waals surface area contributed by atoms with E-state index in [0.717, 1.165) is 29.6 Å². The van der Waals surface area contributed by atoms with Crippen molar-refractivity contribution in [2.75, 3.05) is 11.5 Å². The molecule has 0 radical (unpaired) electrons. The fourth-order valence-electron chi connectivity index (χ4n) is 3.83. The number of ether oxygens (including phenoxy) is 2. The lowest BCUT2D eigenvalue weighted by Gasteiger charge is -2.28. The van der Waals surface area contributed by atoms with Crippen LogP contribution in [0.2, 0.25) is 0 Å². The number of imide groups is 2. The fraction of sp³-hybridized carbons (Fsp3) is 0.179. The zero-order chi connectivity index (χ0) is 26.7. The minimum Gasteiger partial charge on any atom is -0.490 e. The van der Waals surface area contributed by atoms with Gasteiger partial charge in [0, 0.05) is 4.47 Å². The molecule has 0 spiro atoms. The average Bonchev–Trinajstić information content (AvgIpc) is 2.85. The van der Waals surface area contributed by atoms with Crippen molar-refractivity contribution in [3.63, 3.8) is 0 Å². The highest BCUT2D eigenvalue weighted by molar-refractivity contribution is 14.1. The van der Waals surface area contributed by atoms with Crippen LogP contribution in [0.3, 0.4) is 0 Å². The molecule has 0 atom stereocenters. The van der Waals surface area contributed by atoms with Crippen LogP contribution >= 0.6 is 38.5 Å². The Labute approximate surface area is 237 Å². The number of urea groups is 1. The molecule has 3 aromatic carbocycles. The van der Waals surface area contributed by atoms with Gasteiger partial charge in [-0.05, 0) is 102 Å². The van der Waals surface area contributed by atoms with Crippen LogP contribution in [-0.2, 0) is 16.2 Å². The molecular weight excluding hydrogens is 651 g/mol. The molecule has 0 bridgehead atoms. The minimum absolute atomic E-state index is 0.151. The Balaban J connectivity index is 1.67. The Morgan fingerprint density at radius 2 is 1.76 bits per heavy atom. The minimum atomic E-state index is -0.776. The van der Waals surface area contributed by atoms with E-state index < -0.39 is 17.8 Å².